The van der Waals surface area contributed by atoms with E-state index in [9.17, 15) is 19.2 Å². The molecule has 264 valence electrons. The molecule has 1 saturated heterocycles. The Hall–Kier alpha value is -5.91. The van der Waals surface area contributed by atoms with Crippen LogP contribution in [-0.2, 0) is 27.3 Å². The first kappa shape index (κ1) is 36.4. The van der Waals surface area contributed by atoms with Crippen molar-refractivity contribution >= 4 is 35.1 Å². The van der Waals surface area contributed by atoms with Gasteiger partial charge in [0.1, 0.15) is 23.4 Å². The maximum absolute atomic E-state index is 14.3. The van der Waals surface area contributed by atoms with Gasteiger partial charge < -0.3 is 20.3 Å². The molecule has 1 aromatic heterocycles. The standard InChI is InChI=1S/C39H43N7O5/c1-39(2,3)51-38(50)44-31(20-17-26-11-6-4-7-12-26)37(49)45-25-30(46-22-10-21-43-46)23-32(45)36(48)42-24-27-15-18-28(19-16-27)33(40)34(41)35(47)29-13-8-5-9-14-29/h4-16,18-19,21-22,30-32,40-41H,17,20,23-25H2,1-3H3,(H,42,48)(H,44,50)/t30?,31-,32+/m1/s1. The van der Waals surface area contributed by atoms with Gasteiger partial charge in [0.15, 0.2) is 0 Å². The van der Waals surface area contributed by atoms with E-state index in [2.05, 4.69) is 15.7 Å². The Labute approximate surface area is 297 Å². The number of hydrogen-bond acceptors (Lipinski definition) is 8. The zero-order valence-corrected chi connectivity index (χ0v) is 29.0. The average Bonchev–Trinajstić information content (AvgIpc) is 3.83. The first-order valence-electron chi connectivity index (χ1n) is 16.9. The highest BCUT2D eigenvalue weighted by molar-refractivity contribution is 6.71. The number of Topliss-reactive ketones (excluding diaryl/α,β-unsaturated/α-hetero) is 1. The number of carbonyl (C=O) groups is 4. The van der Waals surface area contributed by atoms with Crippen LogP contribution in [0.2, 0.25) is 0 Å². The number of likely N-dealkylation sites (tertiary alicyclic amines) is 1. The lowest BCUT2D eigenvalue weighted by molar-refractivity contribution is -0.140. The second-order valence-corrected chi connectivity index (χ2v) is 13.5. The molecule has 4 aromatic rings. The second-order valence-electron chi connectivity index (χ2n) is 13.5. The summed E-state index contributed by atoms with van der Waals surface area (Å²) < 4.78 is 7.22. The Morgan fingerprint density at radius 1 is 0.882 bits per heavy atom. The SMILES string of the molecule is CC(C)(C)OC(=O)N[C@H](CCc1ccccc1)C(=O)N1CC(n2cccn2)C[C@H]1C(=O)NCc1ccc(C(=N)C(=N)C(=O)c2ccccc2)cc1. The molecule has 12 nitrogen and oxygen atoms in total. The van der Waals surface area contributed by atoms with Gasteiger partial charge in [0.05, 0.1) is 11.8 Å². The van der Waals surface area contributed by atoms with Crippen LogP contribution in [-0.4, -0.2) is 74.0 Å². The number of benzene rings is 3. The highest BCUT2D eigenvalue weighted by Gasteiger charge is 2.43. The highest BCUT2D eigenvalue weighted by atomic mass is 16.6. The second kappa shape index (κ2) is 16.2. The molecule has 3 aromatic carbocycles. The average molecular weight is 690 g/mol. The lowest BCUT2D eigenvalue weighted by atomic mass is 9.98. The van der Waals surface area contributed by atoms with Gasteiger partial charge in [-0.2, -0.15) is 5.10 Å². The number of nitrogens with zero attached hydrogens (tertiary/aromatic N) is 3. The van der Waals surface area contributed by atoms with Crippen LogP contribution in [0.15, 0.2) is 103 Å². The smallest absolute Gasteiger partial charge is 0.408 e. The summed E-state index contributed by atoms with van der Waals surface area (Å²) in [4.78, 5) is 55.1. The Morgan fingerprint density at radius 3 is 2.18 bits per heavy atom. The molecule has 0 spiro atoms. The minimum atomic E-state index is -0.943. The van der Waals surface area contributed by atoms with Gasteiger partial charge in [-0.25, -0.2) is 4.79 Å². The zero-order valence-electron chi connectivity index (χ0n) is 29.0. The number of hydrogen-bond donors (Lipinski definition) is 4. The van der Waals surface area contributed by atoms with Crippen molar-refractivity contribution in [2.45, 2.75) is 70.3 Å². The molecule has 12 heteroatoms. The summed E-state index contributed by atoms with van der Waals surface area (Å²) in [5, 5.41) is 26.7. The van der Waals surface area contributed by atoms with E-state index >= 15 is 0 Å². The van der Waals surface area contributed by atoms with Gasteiger partial charge in [0, 0.05) is 43.0 Å². The molecule has 0 aliphatic carbocycles. The number of ketones is 1. The fourth-order valence-electron chi connectivity index (χ4n) is 5.95. The van der Waals surface area contributed by atoms with Crippen LogP contribution in [0.4, 0.5) is 4.79 Å². The van der Waals surface area contributed by atoms with E-state index in [4.69, 9.17) is 15.6 Å². The van der Waals surface area contributed by atoms with Crippen molar-refractivity contribution in [3.63, 3.8) is 0 Å². The molecule has 2 heterocycles. The third-order valence-electron chi connectivity index (χ3n) is 8.54. The van der Waals surface area contributed by atoms with E-state index in [1.807, 2.05) is 30.3 Å². The van der Waals surface area contributed by atoms with Gasteiger partial charge >= 0.3 is 6.09 Å². The Balaban J connectivity index is 1.28. The van der Waals surface area contributed by atoms with E-state index in [0.29, 0.717) is 30.4 Å². The molecule has 1 fully saturated rings. The van der Waals surface area contributed by atoms with E-state index in [-0.39, 0.29) is 36.7 Å². The molecule has 1 aliphatic rings. The minimum Gasteiger partial charge on any atom is -0.444 e. The van der Waals surface area contributed by atoms with E-state index in [0.717, 1.165) is 11.1 Å². The lowest BCUT2D eigenvalue weighted by Gasteiger charge is -2.29. The van der Waals surface area contributed by atoms with Gasteiger partial charge in [-0.1, -0.05) is 84.9 Å². The molecule has 1 aliphatic heterocycles. The largest absolute Gasteiger partial charge is 0.444 e. The summed E-state index contributed by atoms with van der Waals surface area (Å²) in [5.74, 6) is -1.28. The van der Waals surface area contributed by atoms with Gasteiger partial charge in [-0.15, -0.1) is 0 Å². The Bertz CT molecular complexity index is 1850. The van der Waals surface area contributed by atoms with E-state index in [1.165, 1.54) is 4.90 Å². The number of ether oxygens (including phenoxy) is 1. The number of carbonyl (C=O) groups excluding carboxylic acids is 4. The van der Waals surface area contributed by atoms with Crippen LogP contribution in [0.1, 0.15) is 66.7 Å². The predicted molar refractivity (Wildman–Crippen MR) is 193 cm³/mol. The van der Waals surface area contributed by atoms with Crippen LogP contribution in [0, 0.1) is 10.8 Å². The van der Waals surface area contributed by atoms with Crippen LogP contribution >= 0.6 is 0 Å². The number of aromatic nitrogens is 2. The zero-order chi connectivity index (χ0) is 36.5. The van der Waals surface area contributed by atoms with Crippen molar-refractivity contribution in [2.75, 3.05) is 6.54 Å². The van der Waals surface area contributed by atoms with Crippen LogP contribution < -0.4 is 10.6 Å². The monoisotopic (exact) mass is 689 g/mol. The molecule has 4 N–H and O–H groups in total. The van der Waals surface area contributed by atoms with Gasteiger partial charge in [0.2, 0.25) is 17.6 Å². The minimum absolute atomic E-state index is 0.144. The molecule has 0 saturated carbocycles. The van der Waals surface area contributed by atoms with Crippen molar-refractivity contribution in [2.24, 2.45) is 0 Å². The first-order valence-corrected chi connectivity index (χ1v) is 16.9. The summed E-state index contributed by atoms with van der Waals surface area (Å²) >= 11 is 0. The summed E-state index contributed by atoms with van der Waals surface area (Å²) in [5.41, 5.74) is 1.09. The van der Waals surface area contributed by atoms with Crippen molar-refractivity contribution in [3.05, 3.63) is 126 Å². The molecular weight excluding hydrogens is 646 g/mol. The fraction of sp³-hybridized carbons (Fsp3) is 0.308. The Morgan fingerprint density at radius 2 is 1.55 bits per heavy atom. The maximum atomic E-state index is 14.3. The van der Waals surface area contributed by atoms with Crippen molar-refractivity contribution in [3.8, 4) is 0 Å². The fourth-order valence-corrected chi connectivity index (χ4v) is 5.95. The molecule has 0 radical (unpaired) electrons. The number of alkyl carbamates (subject to hydrolysis) is 1. The summed E-state index contributed by atoms with van der Waals surface area (Å²) in [7, 11) is 0. The van der Waals surface area contributed by atoms with Crippen LogP contribution in [0.5, 0.6) is 0 Å². The van der Waals surface area contributed by atoms with Gasteiger partial charge in [-0.3, -0.25) is 29.9 Å². The molecule has 0 bridgehead atoms. The summed E-state index contributed by atoms with van der Waals surface area (Å²) in [6, 6.07) is 24.5. The molecule has 51 heavy (non-hydrogen) atoms. The first-order chi connectivity index (χ1) is 24.4. The number of amides is 3. The Kier molecular flexibility index (Phi) is 11.6. The molecule has 5 rings (SSSR count). The van der Waals surface area contributed by atoms with E-state index in [1.54, 1.807) is 98.5 Å². The highest BCUT2D eigenvalue weighted by Crippen LogP contribution is 2.28. The normalized spacial score (nSPS) is 16.2. The van der Waals surface area contributed by atoms with Crippen molar-refractivity contribution in [1.29, 1.82) is 10.8 Å². The molecular formula is C39H43N7O5. The summed E-state index contributed by atoms with van der Waals surface area (Å²) in [6.07, 6.45) is 3.88. The van der Waals surface area contributed by atoms with Crippen molar-refractivity contribution in [1.82, 2.24) is 25.3 Å². The van der Waals surface area contributed by atoms with Gasteiger partial charge in [-0.05, 0) is 50.8 Å². The third kappa shape index (κ3) is 9.62. The molecule has 3 amide bonds. The third-order valence-corrected chi connectivity index (χ3v) is 8.54. The molecule has 1 unspecified atom stereocenters. The lowest BCUT2D eigenvalue weighted by Crippen LogP contribution is -2.54. The van der Waals surface area contributed by atoms with Crippen LogP contribution in [0.25, 0.3) is 0 Å². The summed E-state index contributed by atoms with van der Waals surface area (Å²) in [6.45, 7) is 5.61. The van der Waals surface area contributed by atoms with Crippen molar-refractivity contribution < 1.29 is 23.9 Å². The molecule has 3 atom stereocenters. The van der Waals surface area contributed by atoms with E-state index < -0.39 is 35.3 Å². The number of aryl methyl sites for hydroxylation is 1. The topological polar surface area (TPSA) is 170 Å². The number of rotatable bonds is 13. The van der Waals surface area contributed by atoms with Gasteiger partial charge in [0.25, 0.3) is 0 Å². The number of nitrogens with one attached hydrogen (secondary N) is 4. The van der Waals surface area contributed by atoms with Crippen LogP contribution in [0.3, 0.4) is 0 Å². The quantitative estimate of drug-likeness (QED) is 0.112. The predicted octanol–water partition coefficient (Wildman–Crippen LogP) is 5.14. The maximum Gasteiger partial charge on any atom is 0.408 e.